The Morgan fingerprint density at radius 3 is 3.12 bits per heavy atom. The summed E-state index contributed by atoms with van der Waals surface area (Å²) in [5.74, 6) is -0.395. The van der Waals surface area contributed by atoms with Crippen LogP contribution < -0.4 is 0 Å². The van der Waals surface area contributed by atoms with Gasteiger partial charge < -0.3 is 9.47 Å². The van der Waals surface area contributed by atoms with E-state index in [1.807, 2.05) is 0 Å². The molecule has 0 bridgehead atoms. The molecular formula is C10H13BrN2O3. The third-order valence-electron chi connectivity index (χ3n) is 2.54. The van der Waals surface area contributed by atoms with Crippen molar-refractivity contribution in [1.29, 1.82) is 0 Å². The summed E-state index contributed by atoms with van der Waals surface area (Å²) in [6.07, 6.45) is 4.72. The average molecular weight is 289 g/mol. The zero-order valence-corrected chi connectivity index (χ0v) is 10.6. The van der Waals surface area contributed by atoms with Gasteiger partial charge in [0.2, 0.25) is 0 Å². The minimum atomic E-state index is -0.395. The van der Waals surface area contributed by atoms with Crippen molar-refractivity contribution in [3.63, 3.8) is 0 Å². The van der Waals surface area contributed by atoms with Gasteiger partial charge in [0.15, 0.2) is 0 Å². The largest absolute Gasteiger partial charge is 0.465 e. The predicted octanol–water partition coefficient (Wildman–Crippen LogP) is 2.13. The van der Waals surface area contributed by atoms with Crippen LogP contribution in [-0.4, -0.2) is 29.5 Å². The molecule has 0 spiro atoms. The van der Waals surface area contributed by atoms with Crippen LogP contribution in [0.1, 0.15) is 35.8 Å². The molecule has 5 nitrogen and oxygen atoms in total. The van der Waals surface area contributed by atoms with E-state index in [1.165, 1.54) is 7.11 Å². The van der Waals surface area contributed by atoms with Gasteiger partial charge in [-0.25, -0.2) is 9.48 Å². The minimum absolute atomic E-state index is 0.0662. The molecule has 1 aliphatic heterocycles. The number of hydrogen-bond donors (Lipinski definition) is 0. The molecule has 1 fully saturated rings. The van der Waals surface area contributed by atoms with E-state index in [9.17, 15) is 4.79 Å². The first-order chi connectivity index (χ1) is 7.72. The van der Waals surface area contributed by atoms with Crippen molar-refractivity contribution in [2.75, 3.05) is 13.7 Å². The molecule has 0 amide bonds. The molecule has 0 radical (unpaired) electrons. The smallest absolute Gasteiger partial charge is 0.342 e. The Morgan fingerprint density at radius 1 is 1.69 bits per heavy atom. The van der Waals surface area contributed by atoms with Crippen LogP contribution in [0, 0.1) is 0 Å². The first-order valence-corrected chi connectivity index (χ1v) is 5.96. The second kappa shape index (κ2) is 4.97. The van der Waals surface area contributed by atoms with E-state index in [-0.39, 0.29) is 6.23 Å². The number of aromatic nitrogens is 2. The van der Waals surface area contributed by atoms with Gasteiger partial charge in [0.05, 0.1) is 7.11 Å². The maximum Gasteiger partial charge on any atom is 0.342 e. The Kier molecular flexibility index (Phi) is 3.60. The van der Waals surface area contributed by atoms with Gasteiger partial charge in [0.1, 0.15) is 16.4 Å². The molecule has 1 saturated heterocycles. The number of hydrogen-bond acceptors (Lipinski definition) is 4. The highest BCUT2D eigenvalue weighted by molar-refractivity contribution is 9.10. The van der Waals surface area contributed by atoms with E-state index < -0.39 is 5.97 Å². The van der Waals surface area contributed by atoms with Gasteiger partial charge >= 0.3 is 5.97 Å². The molecular weight excluding hydrogens is 276 g/mol. The van der Waals surface area contributed by atoms with Gasteiger partial charge in [-0.3, -0.25) is 0 Å². The van der Waals surface area contributed by atoms with Crippen LogP contribution in [0.2, 0.25) is 0 Å². The van der Waals surface area contributed by atoms with Crippen LogP contribution in [0.25, 0.3) is 0 Å². The third-order valence-corrected chi connectivity index (χ3v) is 3.13. The molecule has 0 N–H and O–H groups in total. The van der Waals surface area contributed by atoms with Gasteiger partial charge in [-0.1, -0.05) is 0 Å². The van der Waals surface area contributed by atoms with Crippen molar-refractivity contribution in [3.05, 3.63) is 16.4 Å². The van der Waals surface area contributed by atoms with Gasteiger partial charge in [0.25, 0.3) is 0 Å². The van der Waals surface area contributed by atoms with E-state index in [0.29, 0.717) is 10.2 Å². The van der Waals surface area contributed by atoms with Crippen LogP contribution in [0.4, 0.5) is 0 Å². The normalized spacial score (nSPS) is 20.8. The summed E-state index contributed by atoms with van der Waals surface area (Å²) in [4.78, 5) is 11.4. The first kappa shape index (κ1) is 11.6. The zero-order chi connectivity index (χ0) is 11.5. The van der Waals surface area contributed by atoms with Crippen molar-refractivity contribution in [2.45, 2.75) is 25.5 Å². The lowest BCUT2D eigenvalue weighted by Crippen LogP contribution is -2.18. The van der Waals surface area contributed by atoms with E-state index in [0.717, 1.165) is 25.9 Å². The van der Waals surface area contributed by atoms with Crippen molar-refractivity contribution in [2.24, 2.45) is 0 Å². The number of methoxy groups -OCH3 is 1. The molecule has 2 rings (SSSR count). The molecule has 1 aliphatic rings. The highest BCUT2D eigenvalue weighted by Crippen LogP contribution is 2.24. The van der Waals surface area contributed by atoms with Crippen LogP contribution >= 0.6 is 15.9 Å². The number of esters is 1. The van der Waals surface area contributed by atoms with Crippen LogP contribution in [0.5, 0.6) is 0 Å². The first-order valence-electron chi connectivity index (χ1n) is 5.17. The fourth-order valence-corrected chi connectivity index (χ4v) is 2.14. The summed E-state index contributed by atoms with van der Waals surface area (Å²) in [5, 5.41) is 4.21. The van der Waals surface area contributed by atoms with Crippen LogP contribution in [-0.2, 0) is 9.47 Å². The van der Waals surface area contributed by atoms with Crippen LogP contribution in [0.15, 0.2) is 10.8 Å². The standard InChI is InChI=1S/C10H13BrN2O3/c1-15-10(14)7-6-13(12-9(7)11)8-4-2-3-5-16-8/h6,8H,2-5H2,1H3/t8-/m1/s1. The molecule has 1 aromatic rings. The lowest BCUT2D eigenvalue weighted by molar-refractivity contribution is -0.0396. The quantitative estimate of drug-likeness (QED) is 0.783. The molecule has 1 aromatic heterocycles. The third kappa shape index (κ3) is 2.27. The summed E-state index contributed by atoms with van der Waals surface area (Å²) >= 11 is 3.24. The fourth-order valence-electron chi connectivity index (χ4n) is 1.70. The molecule has 6 heteroatoms. The molecule has 2 heterocycles. The lowest BCUT2D eigenvalue weighted by atomic mass is 10.2. The molecule has 0 saturated carbocycles. The Balaban J connectivity index is 2.19. The Morgan fingerprint density at radius 2 is 2.50 bits per heavy atom. The van der Waals surface area contributed by atoms with Gasteiger partial charge in [0, 0.05) is 12.8 Å². The molecule has 16 heavy (non-hydrogen) atoms. The average Bonchev–Trinajstić information content (AvgIpc) is 2.71. The summed E-state index contributed by atoms with van der Waals surface area (Å²) in [6.45, 7) is 0.746. The number of nitrogens with zero attached hydrogens (tertiary/aromatic N) is 2. The maximum absolute atomic E-state index is 11.4. The second-order valence-electron chi connectivity index (χ2n) is 3.63. The molecule has 0 unspecified atom stereocenters. The SMILES string of the molecule is COC(=O)c1cn([C@H]2CCCCO2)nc1Br. The molecule has 0 aliphatic carbocycles. The zero-order valence-electron chi connectivity index (χ0n) is 8.98. The second-order valence-corrected chi connectivity index (χ2v) is 4.38. The van der Waals surface area contributed by atoms with Crippen molar-refractivity contribution in [3.8, 4) is 0 Å². The Labute approximate surface area is 102 Å². The summed E-state index contributed by atoms with van der Waals surface area (Å²) in [6, 6.07) is 0. The predicted molar refractivity (Wildman–Crippen MR) is 60.1 cm³/mol. The van der Waals surface area contributed by atoms with E-state index in [1.54, 1.807) is 10.9 Å². The lowest BCUT2D eigenvalue weighted by Gasteiger charge is -2.22. The summed E-state index contributed by atoms with van der Waals surface area (Å²) in [7, 11) is 1.35. The van der Waals surface area contributed by atoms with E-state index >= 15 is 0 Å². The van der Waals surface area contributed by atoms with Gasteiger partial charge in [-0.2, -0.15) is 5.10 Å². The van der Waals surface area contributed by atoms with Crippen molar-refractivity contribution < 1.29 is 14.3 Å². The number of rotatable bonds is 2. The highest BCUT2D eigenvalue weighted by atomic mass is 79.9. The van der Waals surface area contributed by atoms with E-state index in [4.69, 9.17) is 4.74 Å². The number of carbonyl (C=O) groups is 1. The summed E-state index contributed by atoms with van der Waals surface area (Å²) in [5.41, 5.74) is 0.427. The Hall–Kier alpha value is -0.880. The van der Waals surface area contributed by atoms with E-state index in [2.05, 4.69) is 25.8 Å². The molecule has 1 atom stereocenters. The number of carbonyl (C=O) groups excluding carboxylic acids is 1. The number of halogens is 1. The van der Waals surface area contributed by atoms with Crippen molar-refractivity contribution >= 4 is 21.9 Å². The topological polar surface area (TPSA) is 53.4 Å². The maximum atomic E-state index is 11.4. The summed E-state index contributed by atoms with van der Waals surface area (Å²) < 4.78 is 12.4. The number of ether oxygens (including phenoxy) is 2. The molecule has 0 aromatic carbocycles. The molecule has 88 valence electrons. The Bertz CT molecular complexity index is 385. The van der Waals surface area contributed by atoms with Gasteiger partial charge in [-0.05, 0) is 35.2 Å². The van der Waals surface area contributed by atoms with Crippen molar-refractivity contribution in [1.82, 2.24) is 9.78 Å². The monoisotopic (exact) mass is 288 g/mol. The highest BCUT2D eigenvalue weighted by Gasteiger charge is 2.21. The van der Waals surface area contributed by atoms with Crippen LogP contribution in [0.3, 0.4) is 0 Å². The fraction of sp³-hybridized carbons (Fsp3) is 0.600. The minimum Gasteiger partial charge on any atom is -0.465 e. The van der Waals surface area contributed by atoms with Gasteiger partial charge in [-0.15, -0.1) is 0 Å².